The molecule has 12 nitrogen and oxygen atoms in total. The molecule has 0 saturated heterocycles. The molecule has 0 aliphatic heterocycles. The standard InChI is InChI=1S/C28H37N5O7/c1-16(31-26(37)21(29)14-19-10-6-4-7-11-19)24(35)30-17(2)25(36)33-23(18(3)34)27(38)32-22(28(39)40)15-20-12-8-5-9-13-20/h4-13,16-18,21-23,34H,14-15,29H2,1-3H3,(H,30,35)(H,31,37)(H,32,38)(H,33,36)(H,39,40)/t16-,17-,18+,21-,22-,23-/m0/s1. The zero-order valence-corrected chi connectivity index (χ0v) is 22.7. The summed E-state index contributed by atoms with van der Waals surface area (Å²) in [5.74, 6) is -4.21. The minimum atomic E-state index is -1.49. The van der Waals surface area contributed by atoms with Crippen LogP contribution in [0.15, 0.2) is 60.7 Å². The fourth-order valence-electron chi connectivity index (χ4n) is 3.75. The van der Waals surface area contributed by atoms with Crippen molar-refractivity contribution in [1.82, 2.24) is 21.3 Å². The van der Waals surface area contributed by atoms with Gasteiger partial charge in [-0.3, -0.25) is 19.2 Å². The number of nitrogens with two attached hydrogens (primary N) is 1. The van der Waals surface area contributed by atoms with Gasteiger partial charge in [0.15, 0.2) is 0 Å². The Hall–Kier alpha value is -4.29. The minimum Gasteiger partial charge on any atom is -0.480 e. The molecule has 2 aromatic rings. The molecule has 0 radical (unpaired) electrons. The normalized spacial score (nSPS) is 15.3. The van der Waals surface area contributed by atoms with E-state index in [1.165, 1.54) is 20.8 Å². The monoisotopic (exact) mass is 555 g/mol. The van der Waals surface area contributed by atoms with Crippen LogP contribution in [0.2, 0.25) is 0 Å². The molecule has 0 bridgehead atoms. The average molecular weight is 556 g/mol. The molecule has 40 heavy (non-hydrogen) atoms. The Balaban J connectivity index is 1.91. The van der Waals surface area contributed by atoms with E-state index in [1.54, 1.807) is 30.3 Å². The van der Waals surface area contributed by atoms with Gasteiger partial charge in [0.2, 0.25) is 23.6 Å². The Morgan fingerprint density at radius 1 is 0.675 bits per heavy atom. The van der Waals surface area contributed by atoms with Gasteiger partial charge in [0.05, 0.1) is 12.1 Å². The van der Waals surface area contributed by atoms with Crippen LogP contribution >= 0.6 is 0 Å². The number of carbonyl (C=O) groups excluding carboxylic acids is 4. The van der Waals surface area contributed by atoms with Crippen molar-refractivity contribution in [2.24, 2.45) is 5.73 Å². The third-order valence-corrected chi connectivity index (χ3v) is 6.10. The number of carboxylic acid groups (broad SMARTS) is 1. The van der Waals surface area contributed by atoms with Gasteiger partial charge in [-0.15, -0.1) is 0 Å². The van der Waals surface area contributed by atoms with Crippen molar-refractivity contribution in [2.75, 3.05) is 0 Å². The number of carbonyl (C=O) groups is 5. The van der Waals surface area contributed by atoms with E-state index in [9.17, 15) is 34.2 Å². The van der Waals surface area contributed by atoms with Gasteiger partial charge in [0.1, 0.15) is 24.2 Å². The third-order valence-electron chi connectivity index (χ3n) is 6.10. The summed E-state index contributed by atoms with van der Waals surface area (Å²) in [6, 6.07) is 11.9. The highest BCUT2D eigenvalue weighted by Gasteiger charge is 2.32. The van der Waals surface area contributed by atoms with Crippen LogP contribution in [0.25, 0.3) is 0 Å². The second-order valence-corrected chi connectivity index (χ2v) is 9.57. The number of nitrogens with one attached hydrogen (secondary N) is 4. The largest absolute Gasteiger partial charge is 0.480 e. The second kappa shape index (κ2) is 15.3. The average Bonchev–Trinajstić information content (AvgIpc) is 2.91. The molecule has 2 rings (SSSR count). The van der Waals surface area contributed by atoms with Gasteiger partial charge in [-0.1, -0.05) is 60.7 Å². The summed E-state index contributed by atoms with van der Waals surface area (Å²) in [6.45, 7) is 4.05. The predicted octanol–water partition coefficient (Wildman–Crippen LogP) is -0.756. The van der Waals surface area contributed by atoms with Crippen LogP contribution in [0.4, 0.5) is 0 Å². The molecule has 2 aromatic carbocycles. The van der Waals surface area contributed by atoms with E-state index in [4.69, 9.17) is 5.73 Å². The van der Waals surface area contributed by atoms with Gasteiger partial charge in [0.25, 0.3) is 0 Å². The van der Waals surface area contributed by atoms with Crippen molar-refractivity contribution in [3.63, 3.8) is 0 Å². The van der Waals surface area contributed by atoms with Crippen molar-refractivity contribution >= 4 is 29.6 Å². The zero-order valence-electron chi connectivity index (χ0n) is 22.7. The predicted molar refractivity (Wildman–Crippen MR) is 147 cm³/mol. The molecular weight excluding hydrogens is 518 g/mol. The number of rotatable bonds is 14. The maximum Gasteiger partial charge on any atom is 0.326 e. The lowest BCUT2D eigenvalue weighted by atomic mass is 10.0. The maximum atomic E-state index is 12.8. The first-order chi connectivity index (χ1) is 18.9. The summed E-state index contributed by atoms with van der Waals surface area (Å²) in [6.07, 6.45) is -1.10. The van der Waals surface area contributed by atoms with Gasteiger partial charge in [-0.25, -0.2) is 4.79 Å². The van der Waals surface area contributed by atoms with E-state index in [-0.39, 0.29) is 12.8 Å². The summed E-state index contributed by atoms with van der Waals surface area (Å²) < 4.78 is 0. The molecule has 0 fully saturated rings. The summed E-state index contributed by atoms with van der Waals surface area (Å²) in [5.41, 5.74) is 7.48. The van der Waals surface area contributed by atoms with Gasteiger partial charge >= 0.3 is 5.97 Å². The lowest BCUT2D eigenvalue weighted by Gasteiger charge is -2.25. The Bertz CT molecular complexity index is 1160. The second-order valence-electron chi connectivity index (χ2n) is 9.57. The van der Waals surface area contributed by atoms with Crippen molar-refractivity contribution < 1.29 is 34.2 Å². The lowest BCUT2D eigenvalue weighted by Crippen LogP contribution is -2.59. The first kappa shape index (κ1) is 31.9. The van der Waals surface area contributed by atoms with Crippen LogP contribution in [0, 0.1) is 0 Å². The Morgan fingerprint density at radius 3 is 1.60 bits per heavy atom. The fourth-order valence-corrected chi connectivity index (χ4v) is 3.75. The molecule has 0 aliphatic carbocycles. The van der Waals surface area contributed by atoms with E-state index in [2.05, 4.69) is 21.3 Å². The number of hydrogen-bond acceptors (Lipinski definition) is 7. The van der Waals surface area contributed by atoms with Crippen LogP contribution < -0.4 is 27.0 Å². The van der Waals surface area contributed by atoms with E-state index in [0.717, 1.165) is 5.56 Å². The zero-order chi connectivity index (χ0) is 29.8. The van der Waals surface area contributed by atoms with Crippen molar-refractivity contribution in [3.05, 3.63) is 71.8 Å². The summed E-state index contributed by atoms with van der Waals surface area (Å²) in [7, 11) is 0. The molecule has 216 valence electrons. The Labute approximate surface area is 232 Å². The van der Waals surface area contributed by atoms with Gasteiger partial charge in [0, 0.05) is 6.42 Å². The van der Waals surface area contributed by atoms with E-state index >= 15 is 0 Å². The van der Waals surface area contributed by atoms with Crippen molar-refractivity contribution in [3.8, 4) is 0 Å². The molecule has 0 heterocycles. The number of aliphatic carboxylic acids is 1. The molecular formula is C28H37N5O7. The Kier molecular flexibility index (Phi) is 12.2. The van der Waals surface area contributed by atoms with Gasteiger partial charge in [-0.2, -0.15) is 0 Å². The van der Waals surface area contributed by atoms with Crippen LogP contribution in [-0.2, 0) is 36.8 Å². The van der Waals surface area contributed by atoms with Crippen LogP contribution in [0.1, 0.15) is 31.9 Å². The quantitative estimate of drug-likeness (QED) is 0.158. The number of hydrogen-bond donors (Lipinski definition) is 7. The van der Waals surface area contributed by atoms with E-state index in [1.807, 2.05) is 30.3 Å². The molecule has 8 N–H and O–H groups in total. The van der Waals surface area contributed by atoms with Gasteiger partial charge in [-0.05, 0) is 38.3 Å². The van der Waals surface area contributed by atoms with E-state index < -0.39 is 65.9 Å². The molecule has 6 atom stereocenters. The summed E-state index contributed by atoms with van der Waals surface area (Å²) in [5, 5.41) is 29.3. The smallest absolute Gasteiger partial charge is 0.326 e. The number of carboxylic acids is 1. The molecule has 0 spiro atoms. The van der Waals surface area contributed by atoms with Crippen LogP contribution in [-0.4, -0.2) is 76.1 Å². The summed E-state index contributed by atoms with van der Waals surface area (Å²) in [4.78, 5) is 62.2. The number of benzene rings is 2. The molecule has 0 aromatic heterocycles. The first-order valence-corrected chi connectivity index (χ1v) is 12.8. The van der Waals surface area contributed by atoms with Crippen molar-refractivity contribution in [1.29, 1.82) is 0 Å². The summed E-state index contributed by atoms with van der Waals surface area (Å²) >= 11 is 0. The molecule has 0 aliphatic rings. The number of amides is 4. The Morgan fingerprint density at radius 2 is 1.12 bits per heavy atom. The van der Waals surface area contributed by atoms with E-state index in [0.29, 0.717) is 5.56 Å². The van der Waals surface area contributed by atoms with Crippen LogP contribution in [0.3, 0.4) is 0 Å². The lowest BCUT2D eigenvalue weighted by molar-refractivity contribution is -0.143. The highest BCUT2D eigenvalue weighted by Crippen LogP contribution is 2.06. The van der Waals surface area contributed by atoms with Crippen LogP contribution in [0.5, 0.6) is 0 Å². The maximum absolute atomic E-state index is 12.8. The highest BCUT2D eigenvalue weighted by atomic mass is 16.4. The molecule has 12 heteroatoms. The highest BCUT2D eigenvalue weighted by molar-refractivity contribution is 5.95. The molecule has 0 unspecified atom stereocenters. The molecule has 4 amide bonds. The SMILES string of the molecule is C[C@H](NC(=O)[C@H](C)NC(=O)[C@@H](N)Cc1ccccc1)C(=O)N[C@H](C(=O)N[C@@H](Cc1ccccc1)C(=O)O)[C@@H](C)O. The van der Waals surface area contributed by atoms with Gasteiger partial charge < -0.3 is 37.2 Å². The topological polar surface area (TPSA) is 200 Å². The fraction of sp³-hybridized carbons (Fsp3) is 0.393. The first-order valence-electron chi connectivity index (χ1n) is 12.8. The number of aliphatic hydroxyl groups excluding tert-OH is 1. The van der Waals surface area contributed by atoms with Crippen molar-refractivity contribution in [2.45, 2.75) is 69.9 Å². The molecule has 0 saturated carbocycles. The minimum absolute atomic E-state index is 0.00648. The number of aliphatic hydroxyl groups is 1. The third kappa shape index (κ3) is 10.1.